The first-order chi connectivity index (χ1) is 12.6. The Hall–Kier alpha value is -1.88. The maximum Gasteiger partial charge on any atom is 0.111 e. The van der Waals surface area contributed by atoms with Crippen LogP contribution in [-0.4, -0.2) is 43.8 Å². The Labute approximate surface area is 156 Å². The molecule has 0 saturated carbocycles. The minimum atomic E-state index is 0.258. The summed E-state index contributed by atoms with van der Waals surface area (Å²) in [6.45, 7) is 8.48. The molecule has 0 aromatic heterocycles. The lowest BCUT2D eigenvalue weighted by Gasteiger charge is -2.47. The van der Waals surface area contributed by atoms with E-state index in [0.717, 1.165) is 62.5 Å². The topological polar surface area (TPSA) is 63.2 Å². The molecule has 0 spiro atoms. The third-order valence-corrected chi connectivity index (χ3v) is 5.74. The van der Waals surface area contributed by atoms with Crippen molar-refractivity contribution in [3.8, 4) is 0 Å². The van der Waals surface area contributed by atoms with Crippen LogP contribution in [0.5, 0.6) is 0 Å². The quantitative estimate of drug-likeness (QED) is 0.670. The van der Waals surface area contributed by atoms with E-state index in [0.29, 0.717) is 5.41 Å². The standard InChI is InChI=1S/C21H30N4O/c1-21(2)13-25(14-21)16-7-8-18-15(11-16)6-9-19(20(18)24-22)23-12-17-5-3-4-10-26-17/h7-8,11,17H,3-6,9-10,12-14,22H2,1-2H3/b23-19?,24-20-. The van der Waals surface area contributed by atoms with E-state index in [2.05, 4.69) is 42.0 Å². The molecule has 0 radical (unpaired) electrons. The highest BCUT2D eigenvalue weighted by molar-refractivity contribution is 6.49. The number of nitrogens with two attached hydrogens (primary N) is 1. The third kappa shape index (κ3) is 3.50. The number of nitrogens with zero attached hydrogens (tertiary/aromatic N) is 3. The van der Waals surface area contributed by atoms with Crippen molar-refractivity contribution in [1.82, 2.24) is 0 Å². The summed E-state index contributed by atoms with van der Waals surface area (Å²) in [6.07, 6.45) is 5.69. The van der Waals surface area contributed by atoms with Crippen LogP contribution in [0.1, 0.15) is 50.7 Å². The molecule has 26 heavy (non-hydrogen) atoms. The average Bonchev–Trinajstić information content (AvgIpc) is 2.64. The summed E-state index contributed by atoms with van der Waals surface area (Å²) in [4.78, 5) is 7.28. The fourth-order valence-electron chi connectivity index (χ4n) is 4.37. The van der Waals surface area contributed by atoms with Crippen LogP contribution in [0.25, 0.3) is 0 Å². The first kappa shape index (κ1) is 17.5. The SMILES string of the molecule is CC1(C)CN(c2ccc3c(c2)CCC(=NCC2CCCCO2)/C3=N\N)C1. The van der Waals surface area contributed by atoms with Gasteiger partial charge in [-0.15, -0.1) is 0 Å². The molecule has 2 fully saturated rings. The fourth-order valence-corrected chi connectivity index (χ4v) is 4.37. The van der Waals surface area contributed by atoms with Crippen LogP contribution in [0.3, 0.4) is 0 Å². The van der Waals surface area contributed by atoms with Gasteiger partial charge in [-0.2, -0.15) is 5.10 Å². The lowest BCUT2D eigenvalue weighted by molar-refractivity contribution is 0.0225. The van der Waals surface area contributed by atoms with Crippen LogP contribution in [-0.2, 0) is 11.2 Å². The highest BCUT2D eigenvalue weighted by Gasteiger charge is 2.34. The number of benzene rings is 1. The van der Waals surface area contributed by atoms with Gasteiger partial charge in [0.1, 0.15) is 5.71 Å². The van der Waals surface area contributed by atoms with Gasteiger partial charge in [0.2, 0.25) is 0 Å². The highest BCUT2D eigenvalue weighted by Crippen LogP contribution is 2.35. The van der Waals surface area contributed by atoms with E-state index < -0.39 is 0 Å². The Morgan fingerprint density at radius 3 is 2.77 bits per heavy atom. The van der Waals surface area contributed by atoms with E-state index in [1.54, 1.807) is 0 Å². The van der Waals surface area contributed by atoms with E-state index in [1.807, 2.05) is 0 Å². The number of rotatable bonds is 3. The molecule has 3 aliphatic rings. The van der Waals surface area contributed by atoms with E-state index >= 15 is 0 Å². The Balaban J connectivity index is 1.50. The molecule has 5 heteroatoms. The average molecular weight is 354 g/mol. The van der Waals surface area contributed by atoms with Gasteiger partial charge in [-0.1, -0.05) is 19.9 Å². The zero-order chi connectivity index (χ0) is 18.1. The number of fused-ring (bicyclic) bond motifs is 1. The van der Waals surface area contributed by atoms with Crippen molar-refractivity contribution in [3.63, 3.8) is 0 Å². The number of anilines is 1. The number of hydrazone groups is 1. The summed E-state index contributed by atoms with van der Waals surface area (Å²) in [5, 5.41) is 4.10. The second kappa shape index (κ2) is 7.03. The molecule has 1 atom stereocenters. The first-order valence-electron chi connectivity index (χ1n) is 9.87. The lowest BCUT2D eigenvalue weighted by Crippen LogP contribution is -2.53. The van der Waals surface area contributed by atoms with E-state index in [1.165, 1.54) is 24.1 Å². The largest absolute Gasteiger partial charge is 0.376 e. The number of aliphatic imine (C=N–C) groups is 1. The maximum absolute atomic E-state index is 5.80. The van der Waals surface area contributed by atoms with Crippen molar-refractivity contribution in [3.05, 3.63) is 29.3 Å². The summed E-state index contributed by atoms with van der Waals surface area (Å²) < 4.78 is 5.80. The van der Waals surface area contributed by atoms with Gasteiger partial charge in [-0.3, -0.25) is 4.99 Å². The van der Waals surface area contributed by atoms with Gasteiger partial charge in [0.05, 0.1) is 18.4 Å². The molecule has 2 saturated heterocycles. The summed E-state index contributed by atoms with van der Waals surface area (Å²) in [6, 6.07) is 6.69. The predicted octanol–water partition coefficient (Wildman–Crippen LogP) is 3.15. The van der Waals surface area contributed by atoms with Crippen LogP contribution in [0, 0.1) is 5.41 Å². The molecule has 140 valence electrons. The Bertz CT molecular complexity index is 724. The summed E-state index contributed by atoms with van der Waals surface area (Å²) in [7, 11) is 0. The Morgan fingerprint density at radius 2 is 2.08 bits per heavy atom. The zero-order valence-corrected chi connectivity index (χ0v) is 16.0. The van der Waals surface area contributed by atoms with Gasteiger partial charge >= 0.3 is 0 Å². The molecule has 1 unspecified atom stereocenters. The molecule has 1 aromatic rings. The van der Waals surface area contributed by atoms with Crippen LogP contribution in [0.4, 0.5) is 5.69 Å². The Kier molecular flexibility index (Phi) is 4.74. The number of ether oxygens (including phenoxy) is 1. The van der Waals surface area contributed by atoms with Crippen molar-refractivity contribution in [2.24, 2.45) is 21.4 Å². The van der Waals surface area contributed by atoms with Crippen LogP contribution in [0.15, 0.2) is 28.3 Å². The van der Waals surface area contributed by atoms with Gasteiger partial charge < -0.3 is 15.5 Å². The van der Waals surface area contributed by atoms with Crippen molar-refractivity contribution in [1.29, 1.82) is 0 Å². The predicted molar refractivity (Wildman–Crippen MR) is 107 cm³/mol. The molecule has 4 rings (SSSR count). The molecule has 5 nitrogen and oxygen atoms in total. The zero-order valence-electron chi connectivity index (χ0n) is 16.0. The minimum Gasteiger partial charge on any atom is -0.376 e. The number of hydrogen-bond acceptors (Lipinski definition) is 5. The van der Waals surface area contributed by atoms with Gasteiger partial charge in [0.15, 0.2) is 0 Å². The maximum atomic E-state index is 5.80. The molecule has 2 heterocycles. The second-order valence-corrected chi connectivity index (χ2v) is 8.62. The molecular weight excluding hydrogens is 324 g/mol. The highest BCUT2D eigenvalue weighted by atomic mass is 16.5. The summed E-state index contributed by atoms with van der Waals surface area (Å²) >= 11 is 0. The molecule has 0 amide bonds. The number of aryl methyl sites for hydroxylation is 1. The van der Waals surface area contributed by atoms with Crippen molar-refractivity contribution in [2.45, 2.75) is 52.1 Å². The fraction of sp³-hybridized carbons (Fsp3) is 0.619. The monoisotopic (exact) mass is 354 g/mol. The van der Waals surface area contributed by atoms with Crippen molar-refractivity contribution in [2.75, 3.05) is 31.1 Å². The third-order valence-electron chi connectivity index (χ3n) is 5.74. The molecule has 0 bridgehead atoms. The molecule has 2 N–H and O–H groups in total. The second-order valence-electron chi connectivity index (χ2n) is 8.62. The molecular formula is C21H30N4O. The minimum absolute atomic E-state index is 0.258. The Morgan fingerprint density at radius 1 is 1.23 bits per heavy atom. The van der Waals surface area contributed by atoms with E-state index in [-0.39, 0.29) is 6.10 Å². The van der Waals surface area contributed by atoms with Crippen molar-refractivity contribution < 1.29 is 4.74 Å². The smallest absolute Gasteiger partial charge is 0.111 e. The van der Waals surface area contributed by atoms with Crippen LogP contribution >= 0.6 is 0 Å². The summed E-state index contributed by atoms with van der Waals surface area (Å²) in [5.41, 5.74) is 6.12. The van der Waals surface area contributed by atoms with E-state index in [4.69, 9.17) is 15.6 Å². The van der Waals surface area contributed by atoms with Crippen LogP contribution < -0.4 is 10.7 Å². The normalized spacial score (nSPS) is 28.1. The van der Waals surface area contributed by atoms with Gasteiger partial charge in [0, 0.05) is 30.9 Å². The number of hydrogen-bond donors (Lipinski definition) is 1. The van der Waals surface area contributed by atoms with E-state index in [9.17, 15) is 0 Å². The summed E-state index contributed by atoms with van der Waals surface area (Å²) in [5.74, 6) is 5.75. The molecule has 2 aliphatic heterocycles. The van der Waals surface area contributed by atoms with Crippen molar-refractivity contribution >= 4 is 17.1 Å². The first-order valence-corrected chi connectivity index (χ1v) is 9.87. The van der Waals surface area contributed by atoms with Gasteiger partial charge in [-0.05, 0) is 55.2 Å². The van der Waals surface area contributed by atoms with Crippen LogP contribution in [0.2, 0.25) is 0 Å². The van der Waals surface area contributed by atoms with Gasteiger partial charge in [0.25, 0.3) is 0 Å². The molecule has 1 aliphatic carbocycles. The molecule has 1 aromatic carbocycles. The van der Waals surface area contributed by atoms with Gasteiger partial charge in [-0.25, -0.2) is 0 Å². The lowest BCUT2D eigenvalue weighted by atomic mass is 9.83.